The Balaban J connectivity index is 1.83. The van der Waals surface area contributed by atoms with Crippen molar-refractivity contribution in [1.29, 1.82) is 0 Å². The zero-order chi connectivity index (χ0) is 15.5. The molecule has 0 atom stereocenters. The fraction of sp³-hybridized carbons (Fsp3) is 0.278. The van der Waals surface area contributed by atoms with Crippen molar-refractivity contribution in [3.05, 3.63) is 64.9 Å². The summed E-state index contributed by atoms with van der Waals surface area (Å²) in [6, 6.07) is 16.4. The molecule has 0 saturated carbocycles. The van der Waals surface area contributed by atoms with Gasteiger partial charge in [0.05, 0.1) is 17.6 Å². The summed E-state index contributed by atoms with van der Waals surface area (Å²) in [6.07, 6.45) is 0. The zero-order valence-corrected chi connectivity index (χ0v) is 13.7. The maximum Gasteiger partial charge on any atom is 0.123 e. The summed E-state index contributed by atoms with van der Waals surface area (Å²) in [6.45, 7) is 4.93. The van der Waals surface area contributed by atoms with Gasteiger partial charge in [-0.3, -0.25) is 4.90 Å². The van der Waals surface area contributed by atoms with Crippen LogP contribution in [-0.2, 0) is 20.1 Å². The molecule has 0 fully saturated rings. The number of nitrogens with zero attached hydrogens (tertiary/aromatic N) is 3. The molecule has 3 rings (SSSR count). The van der Waals surface area contributed by atoms with Crippen LogP contribution in [0.5, 0.6) is 0 Å². The zero-order valence-electron chi connectivity index (χ0n) is 13.0. The molecular weight excluding hydrogens is 294 g/mol. The average Bonchev–Trinajstić information content (AvgIpc) is 2.83. The first kappa shape index (κ1) is 15.1. The van der Waals surface area contributed by atoms with Crippen LogP contribution in [0.15, 0.2) is 48.5 Å². The molecule has 2 aromatic carbocycles. The molecule has 3 aromatic rings. The van der Waals surface area contributed by atoms with Crippen molar-refractivity contribution in [1.82, 2.24) is 14.5 Å². The first-order valence-corrected chi connectivity index (χ1v) is 7.92. The molecular formula is C18H20ClN3. The van der Waals surface area contributed by atoms with Gasteiger partial charge >= 0.3 is 0 Å². The van der Waals surface area contributed by atoms with Gasteiger partial charge in [0, 0.05) is 18.6 Å². The highest BCUT2D eigenvalue weighted by molar-refractivity contribution is 6.31. The molecule has 1 aromatic heterocycles. The number of halogens is 1. The van der Waals surface area contributed by atoms with Crippen molar-refractivity contribution < 1.29 is 0 Å². The Morgan fingerprint density at radius 3 is 2.59 bits per heavy atom. The summed E-state index contributed by atoms with van der Waals surface area (Å²) in [5.74, 6) is 1.06. The lowest BCUT2D eigenvalue weighted by Gasteiger charge is -2.20. The molecule has 4 heteroatoms. The number of fused-ring (bicyclic) bond motifs is 1. The van der Waals surface area contributed by atoms with Crippen molar-refractivity contribution in [3.63, 3.8) is 0 Å². The van der Waals surface area contributed by atoms with Crippen LogP contribution in [0.25, 0.3) is 11.0 Å². The van der Waals surface area contributed by atoms with E-state index in [1.807, 2.05) is 18.2 Å². The Morgan fingerprint density at radius 1 is 1.09 bits per heavy atom. The molecule has 0 radical (unpaired) electrons. The number of imidazole rings is 1. The first-order valence-electron chi connectivity index (χ1n) is 7.54. The largest absolute Gasteiger partial charge is 0.330 e. The van der Waals surface area contributed by atoms with Gasteiger partial charge in [0.25, 0.3) is 0 Å². The fourth-order valence-corrected chi connectivity index (χ4v) is 2.85. The lowest BCUT2D eigenvalue weighted by Crippen LogP contribution is -2.24. The number of hydrogen-bond donors (Lipinski definition) is 0. The number of benzene rings is 2. The predicted octanol–water partition coefficient (Wildman–Crippen LogP) is 4.25. The topological polar surface area (TPSA) is 21.1 Å². The summed E-state index contributed by atoms with van der Waals surface area (Å²) in [7, 11) is 2.06. The molecule has 0 aliphatic rings. The quantitative estimate of drug-likeness (QED) is 0.702. The maximum atomic E-state index is 6.06. The van der Waals surface area contributed by atoms with Crippen LogP contribution in [0.3, 0.4) is 0 Å². The molecule has 0 aliphatic heterocycles. The van der Waals surface area contributed by atoms with Crippen molar-refractivity contribution in [2.24, 2.45) is 7.05 Å². The van der Waals surface area contributed by atoms with Gasteiger partial charge in [-0.25, -0.2) is 4.98 Å². The van der Waals surface area contributed by atoms with Gasteiger partial charge in [0.2, 0.25) is 0 Å². The monoisotopic (exact) mass is 313 g/mol. The first-order chi connectivity index (χ1) is 10.7. The average molecular weight is 314 g/mol. The highest BCUT2D eigenvalue weighted by atomic mass is 35.5. The summed E-state index contributed by atoms with van der Waals surface area (Å²) in [5.41, 5.74) is 3.40. The molecule has 3 nitrogen and oxygen atoms in total. The van der Waals surface area contributed by atoms with Crippen molar-refractivity contribution in [2.45, 2.75) is 20.0 Å². The third kappa shape index (κ3) is 3.16. The van der Waals surface area contributed by atoms with E-state index in [1.165, 1.54) is 5.56 Å². The Labute approximate surface area is 136 Å². The molecule has 0 unspecified atom stereocenters. The van der Waals surface area contributed by atoms with Crippen LogP contribution in [0.1, 0.15) is 18.3 Å². The van der Waals surface area contributed by atoms with Crippen LogP contribution in [0, 0.1) is 0 Å². The van der Waals surface area contributed by atoms with E-state index in [4.69, 9.17) is 16.6 Å². The third-order valence-corrected chi connectivity index (χ3v) is 4.23. The van der Waals surface area contributed by atoms with Crippen LogP contribution >= 0.6 is 11.6 Å². The van der Waals surface area contributed by atoms with E-state index in [-0.39, 0.29) is 0 Å². The standard InChI is InChI=1S/C18H20ClN3/c1-3-22(12-14-7-5-4-6-8-14)13-18-20-16-11-15(19)9-10-17(16)21(18)2/h4-11H,3,12-13H2,1-2H3. The Kier molecular flexibility index (Phi) is 4.46. The fourth-order valence-electron chi connectivity index (χ4n) is 2.69. The Morgan fingerprint density at radius 2 is 1.86 bits per heavy atom. The van der Waals surface area contributed by atoms with E-state index >= 15 is 0 Å². The lowest BCUT2D eigenvalue weighted by atomic mass is 10.2. The smallest absolute Gasteiger partial charge is 0.123 e. The molecule has 0 spiro atoms. The lowest BCUT2D eigenvalue weighted by molar-refractivity contribution is 0.262. The van der Waals surface area contributed by atoms with E-state index < -0.39 is 0 Å². The molecule has 114 valence electrons. The molecule has 22 heavy (non-hydrogen) atoms. The summed E-state index contributed by atoms with van der Waals surface area (Å²) >= 11 is 6.06. The summed E-state index contributed by atoms with van der Waals surface area (Å²) in [4.78, 5) is 7.13. The summed E-state index contributed by atoms with van der Waals surface area (Å²) in [5, 5.41) is 0.730. The Bertz CT molecular complexity index is 765. The van der Waals surface area contributed by atoms with Gasteiger partial charge in [0.15, 0.2) is 0 Å². The number of aryl methyl sites for hydroxylation is 1. The third-order valence-electron chi connectivity index (χ3n) is 4.00. The van der Waals surface area contributed by atoms with Gasteiger partial charge in [-0.05, 0) is 30.3 Å². The second-order valence-electron chi connectivity index (χ2n) is 5.51. The number of rotatable bonds is 5. The van der Waals surface area contributed by atoms with Crippen molar-refractivity contribution in [3.8, 4) is 0 Å². The number of aromatic nitrogens is 2. The van der Waals surface area contributed by atoms with Crippen LogP contribution < -0.4 is 0 Å². The van der Waals surface area contributed by atoms with Crippen molar-refractivity contribution in [2.75, 3.05) is 6.54 Å². The SMILES string of the molecule is CCN(Cc1ccccc1)Cc1nc2cc(Cl)ccc2n1C. The van der Waals surface area contributed by atoms with Crippen LogP contribution in [0.2, 0.25) is 5.02 Å². The Hall–Kier alpha value is -1.84. The van der Waals surface area contributed by atoms with Gasteiger partial charge < -0.3 is 4.57 Å². The van der Waals surface area contributed by atoms with Crippen LogP contribution in [0.4, 0.5) is 0 Å². The van der Waals surface area contributed by atoms with Crippen molar-refractivity contribution >= 4 is 22.6 Å². The molecule has 0 aliphatic carbocycles. The molecule has 0 bridgehead atoms. The summed E-state index contributed by atoms with van der Waals surface area (Å²) < 4.78 is 2.15. The van der Waals surface area contributed by atoms with Gasteiger partial charge in [0.1, 0.15) is 5.82 Å². The van der Waals surface area contributed by atoms with Gasteiger partial charge in [-0.15, -0.1) is 0 Å². The highest BCUT2D eigenvalue weighted by Gasteiger charge is 2.12. The normalized spacial score (nSPS) is 11.5. The van der Waals surface area contributed by atoms with E-state index in [2.05, 4.69) is 53.8 Å². The van der Waals surface area contributed by atoms with Gasteiger partial charge in [-0.2, -0.15) is 0 Å². The minimum absolute atomic E-state index is 0.730. The van der Waals surface area contributed by atoms with E-state index in [0.29, 0.717) is 0 Å². The molecule has 0 amide bonds. The van der Waals surface area contributed by atoms with E-state index in [1.54, 1.807) is 0 Å². The second kappa shape index (κ2) is 6.51. The predicted molar refractivity (Wildman–Crippen MR) is 92.0 cm³/mol. The maximum absolute atomic E-state index is 6.06. The molecule has 0 N–H and O–H groups in total. The van der Waals surface area contributed by atoms with Gasteiger partial charge in [-0.1, -0.05) is 48.9 Å². The highest BCUT2D eigenvalue weighted by Crippen LogP contribution is 2.20. The minimum Gasteiger partial charge on any atom is -0.330 e. The minimum atomic E-state index is 0.730. The van der Waals surface area contributed by atoms with E-state index in [9.17, 15) is 0 Å². The van der Waals surface area contributed by atoms with E-state index in [0.717, 1.165) is 41.5 Å². The number of hydrogen-bond acceptors (Lipinski definition) is 2. The molecule has 0 saturated heterocycles. The molecule has 1 heterocycles. The van der Waals surface area contributed by atoms with Crippen LogP contribution in [-0.4, -0.2) is 21.0 Å². The second-order valence-corrected chi connectivity index (χ2v) is 5.95.